The molecule has 53 heavy (non-hydrogen) atoms. The van der Waals surface area contributed by atoms with Gasteiger partial charge in [0.25, 0.3) is 7.82 Å². The fourth-order valence-electron chi connectivity index (χ4n) is 5.79. The fraction of sp³-hybridized carbons (Fsp3) is 0.841. The molecule has 0 aromatic heterocycles. The largest absolute Gasteiger partial charge is 0.756 e. The van der Waals surface area contributed by atoms with Crippen molar-refractivity contribution < 1.29 is 37.3 Å². The predicted molar refractivity (Wildman–Crippen MR) is 222 cm³/mol. The van der Waals surface area contributed by atoms with Gasteiger partial charge in [0.05, 0.1) is 34.4 Å². The van der Waals surface area contributed by atoms with Crippen LogP contribution >= 0.6 is 7.82 Å². The Labute approximate surface area is 327 Å². The van der Waals surface area contributed by atoms with Crippen LogP contribution in [0.5, 0.6) is 0 Å². The number of phosphoric ester groups is 1. The smallest absolute Gasteiger partial charge is 0.306 e. The zero-order chi connectivity index (χ0) is 39.1. The van der Waals surface area contributed by atoms with Crippen molar-refractivity contribution >= 4 is 13.8 Å². The van der Waals surface area contributed by atoms with E-state index in [1.54, 1.807) is 0 Å². The molecule has 8 nitrogen and oxygen atoms in total. The molecule has 0 heterocycles. The van der Waals surface area contributed by atoms with Crippen LogP contribution in [0.1, 0.15) is 181 Å². The van der Waals surface area contributed by atoms with E-state index < -0.39 is 13.9 Å². The molecule has 0 amide bonds. The molecular weight excluding hydrogens is 685 g/mol. The highest BCUT2D eigenvalue weighted by Gasteiger charge is 2.20. The highest BCUT2D eigenvalue weighted by atomic mass is 31.2. The standard InChI is InChI=1S/C44H84NO7P/c1-6-8-10-12-14-16-18-20-22-23-24-25-27-29-31-33-35-37-44(46)52-43(42-51-53(47,48)50-40-38-45(3,4)5)41-49-39-36-34-32-30-28-26-21-19-17-15-13-11-9-7-2/h14,16,20,22,24-25,43H,6-13,15,17-19,21,23,26-42H2,1-5H3/b16-14+,22-20+,25-24+. The number of allylic oxidation sites excluding steroid dienone is 6. The molecule has 0 radical (unpaired) electrons. The first-order valence-electron chi connectivity index (χ1n) is 21.7. The summed E-state index contributed by atoms with van der Waals surface area (Å²) in [7, 11) is 1.34. The Morgan fingerprint density at radius 2 is 1.04 bits per heavy atom. The molecule has 0 bridgehead atoms. The molecule has 0 spiro atoms. The summed E-state index contributed by atoms with van der Waals surface area (Å²) in [5.41, 5.74) is 0. The average Bonchev–Trinajstić information content (AvgIpc) is 3.11. The van der Waals surface area contributed by atoms with E-state index in [0.717, 1.165) is 57.8 Å². The molecule has 2 atom stereocenters. The quantitative estimate of drug-likeness (QED) is 0.0201. The molecule has 0 aliphatic heterocycles. The van der Waals surface area contributed by atoms with E-state index in [2.05, 4.69) is 50.3 Å². The number of likely N-dealkylation sites (N-methyl/N-ethyl adjacent to an activating group) is 1. The van der Waals surface area contributed by atoms with Gasteiger partial charge in [0, 0.05) is 13.0 Å². The Morgan fingerprint density at radius 3 is 1.58 bits per heavy atom. The zero-order valence-electron chi connectivity index (χ0n) is 35.2. The lowest BCUT2D eigenvalue weighted by Gasteiger charge is -2.28. The molecule has 0 aliphatic carbocycles. The fourth-order valence-corrected chi connectivity index (χ4v) is 6.52. The van der Waals surface area contributed by atoms with Gasteiger partial charge in [-0.15, -0.1) is 0 Å². The van der Waals surface area contributed by atoms with E-state index in [-0.39, 0.29) is 32.2 Å². The van der Waals surface area contributed by atoms with Gasteiger partial charge in [0.2, 0.25) is 0 Å². The van der Waals surface area contributed by atoms with Crippen LogP contribution in [0, 0.1) is 0 Å². The average molecular weight is 770 g/mol. The van der Waals surface area contributed by atoms with Gasteiger partial charge in [-0.05, 0) is 51.4 Å². The second-order valence-electron chi connectivity index (χ2n) is 15.7. The number of ether oxygens (including phenoxy) is 2. The minimum Gasteiger partial charge on any atom is -0.756 e. The summed E-state index contributed by atoms with van der Waals surface area (Å²) in [5.74, 6) is -0.354. The Hall–Kier alpha value is -1.28. The number of unbranched alkanes of at least 4 members (excludes halogenated alkanes) is 20. The van der Waals surface area contributed by atoms with Crippen molar-refractivity contribution in [3.8, 4) is 0 Å². The van der Waals surface area contributed by atoms with Crippen molar-refractivity contribution in [2.24, 2.45) is 0 Å². The number of carbonyl (C=O) groups is 1. The molecule has 2 unspecified atom stereocenters. The van der Waals surface area contributed by atoms with E-state index in [1.807, 2.05) is 21.1 Å². The predicted octanol–water partition coefficient (Wildman–Crippen LogP) is 12.0. The lowest BCUT2D eigenvalue weighted by atomic mass is 10.0. The number of nitrogens with zero attached hydrogens (tertiary/aromatic N) is 1. The summed E-state index contributed by atoms with van der Waals surface area (Å²) in [4.78, 5) is 25.0. The van der Waals surface area contributed by atoms with Gasteiger partial charge in [0.1, 0.15) is 19.3 Å². The van der Waals surface area contributed by atoms with Crippen molar-refractivity contribution in [2.45, 2.75) is 187 Å². The van der Waals surface area contributed by atoms with E-state index in [1.165, 1.54) is 103 Å². The van der Waals surface area contributed by atoms with Gasteiger partial charge in [-0.2, -0.15) is 0 Å². The van der Waals surface area contributed by atoms with Gasteiger partial charge in [0.15, 0.2) is 0 Å². The van der Waals surface area contributed by atoms with Gasteiger partial charge in [-0.1, -0.05) is 159 Å². The normalized spacial score (nSPS) is 14.2. The van der Waals surface area contributed by atoms with Crippen LogP contribution in [0.2, 0.25) is 0 Å². The summed E-state index contributed by atoms with van der Waals surface area (Å²) in [6.07, 6.45) is 42.9. The van der Waals surface area contributed by atoms with E-state index >= 15 is 0 Å². The Bertz CT molecular complexity index is 947. The number of phosphoric acid groups is 1. The van der Waals surface area contributed by atoms with E-state index in [9.17, 15) is 14.3 Å². The third-order valence-corrected chi connectivity index (χ3v) is 10.2. The van der Waals surface area contributed by atoms with Crippen LogP contribution in [0.15, 0.2) is 36.5 Å². The Balaban J connectivity index is 4.29. The van der Waals surface area contributed by atoms with E-state index in [4.69, 9.17) is 18.5 Å². The van der Waals surface area contributed by atoms with Crippen LogP contribution in [-0.2, 0) is 27.9 Å². The molecule has 0 fully saturated rings. The first kappa shape index (κ1) is 51.7. The number of carbonyl (C=O) groups excluding carboxylic acids is 1. The van der Waals surface area contributed by atoms with Gasteiger partial charge in [-0.25, -0.2) is 0 Å². The number of hydrogen-bond acceptors (Lipinski definition) is 7. The van der Waals surface area contributed by atoms with Crippen molar-refractivity contribution in [3.63, 3.8) is 0 Å². The second-order valence-corrected chi connectivity index (χ2v) is 17.1. The maximum Gasteiger partial charge on any atom is 0.306 e. The van der Waals surface area contributed by atoms with Gasteiger partial charge >= 0.3 is 5.97 Å². The first-order valence-corrected chi connectivity index (χ1v) is 23.2. The maximum atomic E-state index is 12.7. The second kappa shape index (κ2) is 37.6. The lowest BCUT2D eigenvalue weighted by molar-refractivity contribution is -0.870. The molecular formula is C44H84NO7P. The number of esters is 1. The molecule has 9 heteroatoms. The summed E-state index contributed by atoms with van der Waals surface area (Å²) in [6, 6.07) is 0. The van der Waals surface area contributed by atoms with Crippen molar-refractivity contribution in [3.05, 3.63) is 36.5 Å². The Kier molecular flexibility index (Phi) is 36.7. The summed E-state index contributed by atoms with van der Waals surface area (Å²) in [6.45, 7) is 5.37. The van der Waals surface area contributed by atoms with Crippen LogP contribution in [0.25, 0.3) is 0 Å². The van der Waals surface area contributed by atoms with Crippen molar-refractivity contribution in [1.29, 1.82) is 0 Å². The topological polar surface area (TPSA) is 94.1 Å². The number of quaternary nitrogens is 1. The third kappa shape index (κ3) is 41.7. The monoisotopic (exact) mass is 770 g/mol. The summed E-state index contributed by atoms with van der Waals surface area (Å²) >= 11 is 0. The van der Waals surface area contributed by atoms with Gasteiger partial charge < -0.3 is 27.9 Å². The molecule has 0 aromatic rings. The highest BCUT2D eigenvalue weighted by molar-refractivity contribution is 7.45. The summed E-state index contributed by atoms with van der Waals surface area (Å²) < 4.78 is 34.5. The first-order chi connectivity index (χ1) is 25.6. The van der Waals surface area contributed by atoms with Crippen molar-refractivity contribution in [2.75, 3.05) is 54.1 Å². The van der Waals surface area contributed by atoms with Crippen LogP contribution in [0.4, 0.5) is 0 Å². The van der Waals surface area contributed by atoms with E-state index in [0.29, 0.717) is 17.6 Å². The number of rotatable bonds is 40. The maximum absolute atomic E-state index is 12.7. The van der Waals surface area contributed by atoms with Gasteiger partial charge in [-0.3, -0.25) is 9.36 Å². The molecule has 0 aromatic carbocycles. The molecule has 0 aliphatic rings. The molecule has 0 N–H and O–H groups in total. The SMILES string of the molecule is CCCCC/C=C/C/C=C/C/C=C/CCCCCCC(=O)OC(COCCCCCCCCCCCCCCCC)COP(=O)([O-])OCC[N+](C)(C)C. The molecule has 0 saturated carbocycles. The van der Waals surface area contributed by atoms with Crippen molar-refractivity contribution in [1.82, 2.24) is 0 Å². The minimum atomic E-state index is -4.53. The zero-order valence-corrected chi connectivity index (χ0v) is 36.1. The molecule has 312 valence electrons. The molecule has 0 saturated heterocycles. The summed E-state index contributed by atoms with van der Waals surface area (Å²) in [5, 5.41) is 0. The minimum absolute atomic E-state index is 0.0221. The van der Waals surface area contributed by atoms with Crippen LogP contribution in [-0.4, -0.2) is 70.7 Å². The van der Waals surface area contributed by atoms with Crippen LogP contribution in [0.3, 0.4) is 0 Å². The highest BCUT2D eigenvalue weighted by Crippen LogP contribution is 2.38. The van der Waals surface area contributed by atoms with Crippen LogP contribution < -0.4 is 4.89 Å². The third-order valence-electron chi connectivity index (χ3n) is 9.19. The molecule has 0 rings (SSSR count). The number of hydrogen-bond donors (Lipinski definition) is 0. The Morgan fingerprint density at radius 1 is 0.585 bits per heavy atom. The lowest BCUT2D eigenvalue weighted by Crippen LogP contribution is -2.37.